The minimum atomic E-state index is -0.559. The van der Waals surface area contributed by atoms with Crippen LogP contribution in [0, 0.1) is 11.3 Å². The lowest BCUT2D eigenvalue weighted by Crippen LogP contribution is -2.06. The average Bonchev–Trinajstić information content (AvgIpc) is 3.12. The lowest BCUT2D eigenvalue weighted by atomic mass is 10.2. The number of ether oxygens (including phenoxy) is 2. The van der Waals surface area contributed by atoms with Gasteiger partial charge in [-0.3, -0.25) is 0 Å². The van der Waals surface area contributed by atoms with Crippen LogP contribution in [0.2, 0.25) is 0 Å². The van der Waals surface area contributed by atoms with Gasteiger partial charge in [0, 0.05) is 0 Å². The summed E-state index contributed by atoms with van der Waals surface area (Å²) in [6, 6.07) is 18.6. The molecule has 2 aromatic carbocycles. The Hall–Kier alpha value is -3.52. The largest absolute Gasteiger partial charge is 0.457 e. The van der Waals surface area contributed by atoms with Crippen molar-refractivity contribution in [3.05, 3.63) is 78.3 Å². The van der Waals surface area contributed by atoms with Crippen LogP contribution in [0.4, 0.5) is 0 Å². The molecule has 0 fully saturated rings. The second kappa shape index (κ2) is 6.50. The molecule has 23 heavy (non-hydrogen) atoms. The molecule has 0 amide bonds. The summed E-state index contributed by atoms with van der Waals surface area (Å²) < 4.78 is 15.8. The van der Waals surface area contributed by atoms with Crippen molar-refractivity contribution in [1.82, 2.24) is 0 Å². The van der Waals surface area contributed by atoms with Gasteiger partial charge >= 0.3 is 5.97 Å². The van der Waals surface area contributed by atoms with E-state index in [4.69, 9.17) is 19.2 Å². The summed E-state index contributed by atoms with van der Waals surface area (Å²) in [6.07, 6.45) is 1.41. The van der Waals surface area contributed by atoms with Crippen LogP contribution in [0.15, 0.2) is 71.3 Å². The number of esters is 1. The zero-order valence-electron chi connectivity index (χ0n) is 11.9. The molecule has 1 aromatic heterocycles. The van der Waals surface area contributed by atoms with Gasteiger partial charge < -0.3 is 13.9 Å². The molecular formula is C18H11NO4. The molecule has 0 aliphatic heterocycles. The van der Waals surface area contributed by atoms with Crippen molar-refractivity contribution in [3.63, 3.8) is 0 Å². The maximum atomic E-state index is 11.7. The molecule has 0 saturated carbocycles. The van der Waals surface area contributed by atoms with Crippen molar-refractivity contribution >= 4 is 5.97 Å². The molecule has 0 spiro atoms. The lowest BCUT2D eigenvalue weighted by molar-refractivity contribution is 0.0701. The van der Waals surface area contributed by atoms with Gasteiger partial charge in [-0.25, -0.2) is 4.79 Å². The first-order valence-corrected chi connectivity index (χ1v) is 6.78. The first-order valence-electron chi connectivity index (χ1n) is 6.78. The van der Waals surface area contributed by atoms with Gasteiger partial charge in [0.25, 0.3) is 0 Å². The molecule has 0 N–H and O–H groups in total. The number of hydrogen-bond acceptors (Lipinski definition) is 5. The molecule has 0 bridgehead atoms. The predicted octanol–water partition coefficient (Wildman–Crippen LogP) is 4.16. The van der Waals surface area contributed by atoms with E-state index in [1.54, 1.807) is 54.6 Å². The molecule has 1 heterocycles. The molecule has 0 radical (unpaired) electrons. The van der Waals surface area contributed by atoms with Gasteiger partial charge in [0.1, 0.15) is 17.2 Å². The van der Waals surface area contributed by atoms with Crippen molar-refractivity contribution in [2.45, 2.75) is 0 Å². The van der Waals surface area contributed by atoms with E-state index < -0.39 is 5.97 Å². The third-order valence-electron chi connectivity index (χ3n) is 2.98. The number of nitriles is 1. The van der Waals surface area contributed by atoms with Gasteiger partial charge in [-0.05, 0) is 60.7 Å². The second-order valence-corrected chi connectivity index (χ2v) is 4.58. The fraction of sp³-hybridized carbons (Fsp3) is 0. The van der Waals surface area contributed by atoms with Gasteiger partial charge in [0.05, 0.1) is 17.9 Å². The van der Waals surface area contributed by atoms with Crippen molar-refractivity contribution in [2.75, 3.05) is 0 Å². The summed E-state index contributed by atoms with van der Waals surface area (Å²) >= 11 is 0. The van der Waals surface area contributed by atoms with E-state index in [-0.39, 0.29) is 5.76 Å². The lowest BCUT2D eigenvalue weighted by Gasteiger charge is -2.07. The molecule has 0 aliphatic carbocycles. The quantitative estimate of drug-likeness (QED) is 0.534. The first-order chi connectivity index (χ1) is 11.2. The highest BCUT2D eigenvalue weighted by Gasteiger charge is 2.11. The van der Waals surface area contributed by atoms with Gasteiger partial charge in [-0.15, -0.1) is 0 Å². The van der Waals surface area contributed by atoms with Crippen molar-refractivity contribution in [2.24, 2.45) is 0 Å². The Morgan fingerprint density at radius 1 is 0.913 bits per heavy atom. The highest BCUT2D eigenvalue weighted by Crippen LogP contribution is 2.24. The van der Waals surface area contributed by atoms with E-state index >= 15 is 0 Å². The Morgan fingerprint density at radius 3 is 2.09 bits per heavy atom. The smallest absolute Gasteiger partial charge is 0.379 e. The normalized spacial score (nSPS) is 9.87. The van der Waals surface area contributed by atoms with E-state index in [0.29, 0.717) is 22.8 Å². The van der Waals surface area contributed by atoms with E-state index in [0.717, 1.165) is 0 Å². The van der Waals surface area contributed by atoms with E-state index in [2.05, 4.69) is 0 Å². The van der Waals surface area contributed by atoms with Crippen molar-refractivity contribution in [3.8, 4) is 23.3 Å². The van der Waals surface area contributed by atoms with E-state index in [1.165, 1.54) is 12.3 Å². The topological polar surface area (TPSA) is 72.5 Å². The average molecular weight is 305 g/mol. The molecule has 5 heteroatoms. The zero-order chi connectivity index (χ0) is 16.1. The van der Waals surface area contributed by atoms with Crippen LogP contribution >= 0.6 is 0 Å². The number of furan rings is 1. The molecule has 0 atom stereocenters. The zero-order valence-corrected chi connectivity index (χ0v) is 11.9. The molecule has 3 rings (SSSR count). The van der Waals surface area contributed by atoms with Gasteiger partial charge in [-0.1, -0.05) is 0 Å². The molecule has 5 nitrogen and oxygen atoms in total. The minimum Gasteiger partial charge on any atom is -0.457 e. The van der Waals surface area contributed by atoms with Crippen LogP contribution in [0.1, 0.15) is 16.1 Å². The van der Waals surface area contributed by atoms with Crippen molar-refractivity contribution < 1.29 is 18.7 Å². The fourth-order valence-electron chi connectivity index (χ4n) is 1.86. The Balaban J connectivity index is 1.64. The van der Waals surface area contributed by atoms with Gasteiger partial charge in [0.2, 0.25) is 5.76 Å². The number of carbonyl (C=O) groups excluding carboxylic acids is 1. The Kier molecular flexibility index (Phi) is 4.07. The van der Waals surface area contributed by atoms with Crippen LogP contribution in [-0.4, -0.2) is 5.97 Å². The molecule has 0 saturated heterocycles. The third-order valence-corrected chi connectivity index (χ3v) is 2.98. The standard InChI is InChI=1S/C18H11NO4/c19-12-13-3-5-14(6-4-13)22-15-7-9-16(10-8-15)23-18(20)17-2-1-11-21-17/h1-11H. The highest BCUT2D eigenvalue weighted by atomic mass is 16.5. The summed E-state index contributed by atoms with van der Waals surface area (Å²) in [6.45, 7) is 0. The molecule has 112 valence electrons. The molecule has 0 unspecified atom stereocenters. The predicted molar refractivity (Wildman–Crippen MR) is 81.3 cm³/mol. The SMILES string of the molecule is N#Cc1ccc(Oc2ccc(OC(=O)c3ccco3)cc2)cc1. The van der Waals surface area contributed by atoms with Gasteiger partial charge in [-0.2, -0.15) is 5.26 Å². The first kappa shape index (κ1) is 14.4. The van der Waals surface area contributed by atoms with Crippen LogP contribution in [-0.2, 0) is 0 Å². The Labute approximate surface area is 132 Å². The molecular weight excluding hydrogens is 294 g/mol. The second-order valence-electron chi connectivity index (χ2n) is 4.58. The number of hydrogen-bond donors (Lipinski definition) is 0. The van der Waals surface area contributed by atoms with Crippen LogP contribution in [0.5, 0.6) is 17.2 Å². The summed E-state index contributed by atoms with van der Waals surface area (Å²) in [5.74, 6) is 1.18. The maximum absolute atomic E-state index is 11.7. The number of nitrogens with zero attached hydrogens (tertiary/aromatic N) is 1. The summed E-state index contributed by atoms with van der Waals surface area (Å²) in [4.78, 5) is 11.7. The number of rotatable bonds is 4. The Morgan fingerprint density at radius 2 is 1.52 bits per heavy atom. The summed E-state index contributed by atoms with van der Waals surface area (Å²) in [7, 11) is 0. The molecule has 0 aliphatic rings. The van der Waals surface area contributed by atoms with Crippen LogP contribution in [0.3, 0.4) is 0 Å². The molecule has 3 aromatic rings. The number of carbonyl (C=O) groups is 1. The Bertz CT molecular complexity index is 828. The minimum absolute atomic E-state index is 0.142. The highest BCUT2D eigenvalue weighted by molar-refractivity contribution is 5.88. The van der Waals surface area contributed by atoms with Crippen LogP contribution < -0.4 is 9.47 Å². The summed E-state index contributed by atoms with van der Waals surface area (Å²) in [5.41, 5.74) is 0.567. The van der Waals surface area contributed by atoms with E-state index in [9.17, 15) is 4.79 Å². The van der Waals surface area contributed by atoms with Crippen molar-refractivity contribution in [1.29, 1.82) is 5.26 Å². The third kappa shape index (κ3) is 3.57. The fourth-order valence-corrected chi connectivity index (χ4v) is 1.86. The van der Waals surface area contributed by atoms with E-state index in [1.807, 2.05) is 6.07 Å². The monoisotopic (exact) mass is 305 g/mol. The van der Waals surface area contributed by atoms with Crippen LogP contribution in [0.25, 0.3) is 0 Å². The van der Waals surface area contributed by atoms with Gasteiger partial charge in [0.15, 0.2) is 0 Å². The maximum Gasteiger partial charge on any atom is 0.379 e. The summed E-state index contributed by atoms with van der Waals surface area (Å²) in [5, 5.41) is 8.75. The number of benzene rings is 2.